The number of ether oxygens (including phenoxy) is 1. The highest BCUT2D eigenvalue weighted by atomic mass is 16.5. The molecule has 0 bridgehead atoms. The Hall–Kier alpha value is -1.62. The first-order chi connectivity index (χ1) is 8.72. The number of carbonyl (C=O) groups is 1. The Labute approximate surface area is 107 Å². The Balaban J connectivity index is 2.71. The van der Waals surface area contributed by atoms with E-state index in [0.29, 0.717) is 18.6 Å². The van der Waals surface area contributed by atoms with Crippen LogP contribution in [0.15, 0.2) is 18.3 Å². The van der Waals surface area contributed by atoms with Gasteiger partial charge in [-0.05, 0) is 32.4 Å². The maximum absolute atomic E-state index is 11.5. The van der Waals surface area contributed by atoms with E-state index in [2.05, 4.69) is 4.98 Å². The van der Waals surface area contributed by atoms with Gasteiger partial charge in [0.25, 0.3) is 0 Å². The van der Waals surface area contributed by atoms with Crippen LogP contribution in [0.25, 0.3) is 0 Å². The molecule has 1 rings (SSSR count). The number of anilines is 1. The van der Waals surface area contributed by atoms with Crippen LogP contribution in [0.4, 0.5) is 5.82 Å². The second-order valence-corrected chi connectivity index (χ2v) is 3.78. The summed E-state index contributed by atoms with van der Waals surface area (Å²) >= 11 is 0. The second kappa shape index (κ2) is 7.66. The number of rotatable bonds is 7. The SMILES string of the molecule is CCOC(=O)c1ccc(N(CC)CCCO)nc1. The van der Waals surface area contributed by atoms with Crippen molar-refractivity contribution in [3.8, 4) is 0 Å². The molecule has 0 amide bonds. The lowest BCUT2D eigenvalue weighted by Crippen LogP contribution is -2.25. The third kappa shape index (κ3) is 4.00. The van der Waals surface area contributed by atoms with Crippen molar-refractivity contribution >= 4 is 11.8 Å². The van der Waals surface area contributed by atoms with Crippen molar-refractivity contribution in [2.75, 3.05) is 31.2 Å². The molecule has 1 aromatic rings. The normalized spacial score (nSPS) is 10.2. The van der Waals surface area contributed by atoms with E-state index in [0.717, 1.165) is 18.9 Å². The van der Waals surface area contributed by atoms with Crippen LogP contribution in [0.3, 0.4) is 0 Å². The third-order valence-corrected chi connectivity index (χ3v) is 2.55. The lowest BCUT2D eigenvalue weighted by molar-refractivity contribution is 0.0526. The van der Waals surface area contributed by atoms with Gasteiger partial charge >= 0.3 is 5.97 Å². The lowest BCUT2D eigenvalue weighted by Gasteiger charge is -2.21. The van der Waals surface area contributed by atoms with Gasteiger partial charge in [0.2, 0.25) is 0 Å². The minimum Gasteiger partial charge on any atom is -0.462 e. The summed E-state index contributed by atoms with van der Waals surface area (Å²) in [5, 5.41) is 8.83. The van der Waals surface area contributed by atoms with Crippen LogP contribution >= 0.6 is 0 Å². The molecule has 5 heteroatoms. The molecular formula is C13H20N2O3. The molecular weight excluding hydrogens is 232 g/mol. The van der Waals surface area contributed by atoms with E-state index in [1.807, 2.05) is 11.8 Å². The van der Waals surface area contributed by atoms with Crippen LogP contribution in [0.2, 0.25) is 0 Å². The van der Waals surface area contributed by atoms with Gasteiger partial charge in [0, 0.05) is 25.9 Å². The minimum absolute atomic E-state index is 0.164. The molecule has 100 valence electrons. The predicted molar refractivity (Wildman–Crippen MR) is 69.8 cm³/mol. The van der Waals surface area contributed by atoms with E-state index in [-0.39, 0.29) is 12.6 Å². The van der Waals surface area contributed by atoms with E-state index in [9.17, 15) is 4.79 Å². The Bertz CT molecular complexity index is 365. The van der Waals surface area contributed by atoms with Crippen molar-refractivity contribution in [1.82, 2.24) is 4.98 Å². The van der Waals surface area contributed by atoms with Gasteiger partial charge < -0.3 is 14.7 Å². The van der Waals surface area contributed by atoms with Crippen molar-refractivity contribution in [3.63, 3.8) is 0 Å². The highest BCUT2D eigenvalue weighted by Gasteiger charge is 2.09. The van der Waals surface area contributed by atoms with Gasteiger partial charge in [-0.15, -0.1) is 0 Å². The number of aliphatic hydroxyl groups excluding tert-OH is 1. The molecule has 0 saturated carbocycles. The minimum atomic E-state index is -0.352. The number of hydrogen-bond donors (Lipinski definition) is 1. The first-order valence-corrected chi connectivity index (χ1v) is 6.21. The highest BCUT2D eigenvalue weighted by molar-refractivity contribution is 5.89. The summed E-state index contributed by atoms with van der Waals surface area (Å²) < 4.78 is 4.89. The van der Waals surface area contributed by atoms with Crippen LogP contribution in [-0.4, -0.2) is 42.4 Å². The maximum Gasteiger partial charge on any atom is 0.339 e. The first kappa shape index (κ1) is 14.4. The summed E-state index contributed by atoms with van der Waals surface area (Å²) in [6.07, 6.45) is 2.23. The molecule has 0 aliphatic heterocycles. The number of pyridine rings is 1. The zero-order valence-corrected chi connectivity index (χ0v) is 10.9. The molecule has 0 radical (unpaired) electrons. The monoisotopic (exact) mass is 252 g/mol. The van der Waals surface area contributed by atoms with E-state index in [1.54, 1.807) is 19.1 Å². The topological polar surface area (TPSA) is 62.7 Å². The molecule has 1 aromatic heterocycles. The van der Waals surface area contributed by atoms with E-state index < -0.39 is 0 Å². The smallest absolute Gasteiger partial charge is 0.339 e. The predicted octanol–water partition coefficient (Wildman–Crippen LogP) is 1.47. The molecule has 0 unspecified atom stereocenters. The summed E-state index contributed by atoms with van der Waals surface area (Å²) in [7, 11) is 0. The number of esters is 1. The molecule has 0 atom stereocenters. The van der Waals surface area contributed by atoms with Crippen molar-refractivity contribution in [1.29, 1.82) is 0 Å². The van der Waals surface area contributed by atoms with Crippen molar-refractivity contribution in [3.05, 3.63) is 23.9 Å². The standard InChI is InChI=1S/C13H20N2O3/c1-3-15(8-5-9-16)12-7-6-11(10-14-12)13(17)18-4-2/h6-7,10,16H,3-5,8-9H2,1-2H3. The van der Waals surface area contributed by atoms with Gasteiger partial charge in [-0.1, -0.05) is 0 Å². The maximum atomic E-state index is 11.5. The molecule has 1 N–H and O–H groups in total. The average Bonchev–Trinajstić information content (AvgIpc) is 2.40. The second-order valence-electron chi connectivity index (χ2n) is 3.78. The van der Waals surface area contributed by atoms with Gasteiger partial charge in [-0.25, -0.2) is 9.78 Å². The Morgan fingerprint density at radius 1 is 1.44 bits per heavy atom. The van der Waals surface area contributed by atoms with Gasteiger partial charge in [0.15, 0.2) is 0 Å². The number of aliphatic hydroxyl groups is 1. The molecule has 0 spiro atoms. The molecule has 1 heterocycles. The summed E-state index contributed by atoms with van der Waals surface area (Å²) in [5.74, 6) is 0.453. The average molecular weight is 252 g/mol. The fourth-order valence-electron chi connectivity index (χ4n) is 1.60. The van der Waals surface area contributed by atoms with E-state index in [4.69, 9.17) is 9.84 Å². The number of carbonyl (C=O) groups excluding carboxylic acids is 1. The molecule has 0 aromatic carbocycles. The third-order valence-electron chi connectivity index (χ3n) is 2.55. The van der Waals surface area contributed by atoms with Crippen molar-refractivity contribution in [2.45, 2.75) is 20.3 Å². The van der Waals surface area contributed by atoms with Crippen LogP contribution in [-0.2, 0) is 4.74 Å². The number of hydrogen-bond acceptors (Lipinski definition) is 5. The Morgan fingerprint density at radius 2 is 2.22 bits per heavy atom. The van der Waals surface area contributed by atoms with E-state index >= 15 is 0 Å². The molecule has 0 fully saturated rings. The zero-order valence-electron chi connectivity index (χ0n) is 10.9. The van der Waals surface area contributed by atoms with Crippen LogP contribution in [0.5, 0.6) is 0 Å². The van der Waals surface area contributed by atoms with Gasteiger partial charge in [-0.3, -0.25) is 0 Å². The molecule has 18 heavy (non-hydrogen) atoms. The van der Waals surface area contributed by atoms with Crippen LogP contribution in [0.1, 0.15) is 30.6 Å². The number of aromatic nitrogens is 1. The summed E-state index contributed by atoms with van der Waals surface area (Å²) in [6.45, 7) is 5.88. The van der Waals surface area contributed by atoms with Crippen LogP contribution < -0.4 is 4.90 Å². The van der Waals surface area contributed by atoms with E-state index in [1.165, 1.54) is 6.20 Å². The largest absolute Gasteiger partial charge is 0.462 e. The number of nitrogens with zero attached hydrogens (tertiary/aromatic N) is 2. The van der Waals surface area contributed by atoms with Gasteiger partial charge in [0.05, 0.1) is 12.2 Å². The lowest BCUT2D eigenvalue weighted by atomic mass is 10.2. The van der Waals surface area contributed by atoms with Gasteiger partial charge in [0.1, 0.15) is 5.82 Å². The quantitative estimate of drug-likeness (QED) is 0.744. The molecule has 5 nitrogen and oxygen atoms in total. The zero-order chi connectivity index (χ0) is 13.4. The first-order valence-electron chi connectivity index (χ1n) is 6.21. The Morgan fingerprint density at radius 3 is 2.72 bits per heavy atom. The van der Waals surface area contributed by atoms with Crippen molar-refractivity contribution < 1.29 is 14.6 Å². The van der Waals surface area contributed by atoms with Crippen LogP contribution in [0, 0.1) is 0 Å². The fourth-order valence-corrected chi connectivity index (χ4v) is 1.60. The Kier molecular flexibility index (Phi) is 6.14. The summed E-state index contributed by atoms with van der Waals surface area (Å²) in [5.41, 5.74) is 0.457. The molecule has 0 aliphatic rings. The highest BCUT2D eigenvalue weighted by Crippen LogP contribution is 2.12. The molecule has 0 saturated heterocycles. The van der Waals surface area contributed by atoms with Crippen molar-refractivity contribution in [2.24, 2.45) is 0 Å². The fraction of sp³-hybridized carbons (Fsp3) is 0.538. The van der Waals surface area contributed by atoms with Gasteiger partial charge in [-0.2, -0.15) is 0 Å². The summed E-state index contributed by atoms with van der Waals surface area (Å²) in [6, 6.07) is 3.51. The summed E-state index contributed by atoms with van der Waals surface area (Å²) in [4.78, 5) is 17.8. The molecule has 0 aliphatic carbocycles.